The second-order valence-corrected chi connectivity index (χ2v) is 3.37. The van der Waals surface area contributed by atoms with Crippen LogP contribution in [0.3, 0.4) is 0 Å². The monoisotopic (exact) mass is 210 g/mol. The maximum atomic E-state index is 11.0. The first-order chi connectivity index (χ1) is 6.70. The van der Waals surface area contributed by atoms with Crippen molar-refractivity contribution in [1.29, 1.82) is 0 Å². The van der Waals surface area contributed by atoms with Crippen LogP contribution in [0, 0.1) is 0 Å². The Balaban J connectivity index is 2.60. The minimum absolute atomic E-state index is 0.0808. The molecule has 0 aliphatic heterocycles. The Hall–Kier alpha value is -1.89. The highest BCUT2D eigenvalue weighted by molar-refractivity contribution is 7.13. The number of nitrogen functional groups attached to an aromatic ring is 1. The minimum atomic E-state index is -0.672. The molecule has 0 atom stereocenters. The SMILES string of the molecule is NC(=O)c1c(-c2nccs2)noc1N. The number of amides is 1. The second kappa shape index (κ2) is 3.11. The first-order valence-corrected chi connectivity index (χ1v) is 4.53. The van der Waals surface area contributed by atoms with Crippen LogP contribution in [0.1, 0.15) is 10.4 Å². The van der Waals surface area contributed by atoms with E-state index in [1.807, 2.05) is 0 Å². The fraction of sp³-hybridized carbons (Fsp3) is 0. The Kier molecular flexibility index (Phi) is 1.93. The number of aromatic nitrogens is 2. The molecule has 2 aromatic heterocycles. The molecule has 0 bridgehead atoms. The maximum absolute atomic E-state index is 11.0. The van der Waals surface area contributed by atoms with E-state index in [9.17, 15) is 4.79 Å². The fourth-order valence-corrected chi connectivity index (χ4v) is 1.65. The molecule has 72 valence electrons. The highest BCUT2D eigenvalue weighted by Crippen LogP contribution is 2.27. The van der Waals surface area contributed by atoms with E-state index in [0.29, 0.717) is 10.7 Å². The van der Waals surface area contributed by atoms with Gasteiger partial charge in [0.25, 0.3) is 5.91 Å². The van der Waals surface area contributed by atoms with Crippen molar-refractivity contribution in [1.82, 2.24) is 10.1 Å². The van der Waals surface area contributed by atoms with Gasteiger partial charge in [0.2, 0.25) is 5.88 Å². The Bertz CT molecular complexity index is 462. The molecule has 0 aliphatic carbocycles. The third kappa shape index (κ3) is 1.23. The normalized spacial score (nSPS) is 10.3. The summed E-state index contributed by atoms with van der Waals surface area (Å²) in [4.78, 5) is 15.0. The molecule has 0 aromatic carbocycles. The van der Waals surface area contributed by atoms with E-state index in [1.165, 1.54) is 11.3 Å². The van der Waals surface area contributed by atoms with E-state index in [1.54, 1.807) is 11.6 Å². The van der Waals surface area contributed by atoms with Crippen LogP contribution in [-0.2, 0) is 0 Å². The molecule has 0 fully saturated rings. The van der Waals surface area contributed by atoms with Crippen LogP contribution in [0.5, 0.6) is 0 Å². The van der Waals surface area contributed by atoms with Crippen molar-refractivity contribution in [3.05, 3.63) is 17.1 Å². The predicted octanol–water partition coefficient (Wildman–Crippen LogP) is 0.479. The molecule has 1 amide bonds. The molecular formula is C7H6N4O2S. The fourth-order valence-electron chi connectivity index (χ4n) is 1.03. The van der Waals surface area contributed by atoms with Gasteiger partial charge in [-0.05, 0) is 0 Å². The maximum Gasteiger partial charge on any atom is 0.256 e. The van der Waals surface area contributed by atoms with Gasteiger partial charge in [0.1, 0.15) is 10.6 Å². The molecule has 0 spiro atoms. The molecule has 0 saturated carbocycles. The minimum Gasteiger partial charge on any atom is -0.367 e. The molecule has 2 aromatic rings. The Morgan fingerprint density at radius 3 is 2.93 bits per heavy atom. The first-order valence-electron chi connectivity index (χ1n) is 3.65. The quantitative estimate of drug-likeness (QED) is 0.749. The van der Waals surface area contributed by atoms with Crippen LogP contribution < -0.4 is 11.5 Å². The summed E-state index contributed by atoms with van der Waals surface area (Å²) in [6.45, 7) is 0. The number of rotatable bonds is 2. The van der Waals surface area contributed by atoms with Crippen molar-refractivity contribution in [3.8, 4) is 10.7 Å². The lowest BCUT2D eigenvalue weighted by Gasteiger charge is -1.92. The van der Waals surface area contributed by atoms with Crippen molar-refractivity contribution in [3.63, 3.8) is 0 Å². The lowest BCUT2D eigenvalue weighted by atomic mass is 10.2. The third-order valence-electron chi connectivity index (χ3n) is 1.60. The predicted molar refractivity (Wildman–Crippen MR) is 50.5 cm³/mol. The smallest absolute Gasteiger partial charge is 0.256 e. The highest BCUT2D eigenvalue weighted by atomic mass is 32.1. The zero-order valence-electron chi connectivity index (χ0n) is 6.93. The summed E-state index contributed by atoms with van der Waals surface area (Å²) >= 11 is 1.32. The average Bonchev–Trinajstić information content (AvgIpc) is 2.70. The van der Waals surface area contributed by atoms with Gasteiger partial charge in [-0.1, -0.05) is 5.16 Å². The Morgan fingerprint density at radius 1 is 1.57 bits per heavy atom. The number of primary amides is 1. The lowest BCUT2D eigenvalue weighted by Crippen LogP contribution is -2.13. The van der Waals surface area contributed by atoms with Gasteiger partial charge in [-0.2, -0.15) is 0 Å². The number of thiazole rings is 1. The third-order valence-corrected chi connectivity index (χ3v) is 2.38. The van der Waals surface area contributed by atoms with Gasteiger partial charge < -0.3 is 16.0 Å². The highest BCUT2D eigenvalue weighted by Gasteiger charge is 2.21. The van der Waals surface area contributed by atoms with Gasteiger partial charge in [0.05, 0.1) is 0 Å². The van der Waals surface area contributed by atoms with E-state index in [-0.39, 0.29) is 11.4 Å². The number of hydrogen-bond donors (Lipinski definition) is 2. The van der Waals surface area contributed by atoms with Gasteiger partial charge in [-0.15, -0.1) is 11.3 Å². The van der Waals surface area contributed by atoms with E-state index in [4.69, 9.17) is 11.5 Å². The molecule has 6 nitrogen and oxygen atoms in total. The molecule has 0 radical (unpaired) electrons. The average molecular weight is 210 g/mol. The van der Waals surface area contributed by atoms with Gasteiger partial charge in [-0.3, -0.25) is 4.79 Å². The molecule has 14 heavy (non-hydrogen) atoms. The van der Waals surface area contributed by atoms with Crippen LogP contribution in [0.4, 0.5) is 5.88 Å². The molecule has 2 heterocycles. The van der Waals surface area contributed by atoms with E-state index < -0.39 is 5.91 Å². The number of nitrogens with zero attached hydrogens (tertiary/aromatic N) is 2. The van der Waals surface area contributed by atoms with Gasteiger partial charge in [0.15, 0.2) is 5.69 Å². The Morgan fingerprint density at radius 2 is 2.36 bits per heavy atom. The van der Waals surface area contributed by atoms with Crippen molar-refractivity contribution in [2.45, 2.75) is 0 Å². The summed E-state index contributed by atoms with van der Waals surface area (Å²) < 4.78 is 4.67. The number of nitrogens with two attached hydrogens (primary N) is 2. The van der Waals surface area contributed by atoms with Crippen LogP contribution >= 0.6 is 11.3 Å². The summed E-state index contributed by atoms with van der Waals surface area (Å²) in [6, 6.07) is 0. The summed E-state index contributed by atoms with van der Waals surface area (Å²) in [5, 5.41) is 5.94. The number of anilines is 1. The van der Waals surface area contributed by atoms with Crippen molar-refractivity contribution in [2.24, 2.45) is 5.73 Å². The molecule has 0 aliphatic rings. The molecule has 0 saturated heterocycles. The summed E-state index contributed by atoms with van der Waals surface area (Å²) in [5.74, 6) is -0.753. The van der Waals surface area contributed by atoms with E-state index in [2.05, 4.69) is 14.7 Å². The van der Waals surface area contributed by atoms with Crippen molar-refractivity contribution < 1.29 is 9.32 Å². The molecule has 0 unspecified atom stereocenters. The molecule has 4 N–H and O–H groups in total. The molecule has 7 heteroatoms. The van der Waals surface area contributed by atoms with Crippen LogP contribution in [0.2, 0.25) is 0 Å². The zero-order valence-corrected chi connectivity index (χ0v) is 7.75. The molecule has 2 rings (SSSR count). The van der Waals surface area contributed by atoms with Crippen molar-refractivity contribution in [2.75, 3.05) is 5.73 Å². The summed E-state index contributed by atoms with van der Waals surface area (Å²) in [5.41, 5.74) is 10.9. The van der Waals surface area contributed by atoms with E-state index in [0.717, 1.165) is 0 Å². The standard InChI is InChI=1S/C7H6N4O2S/c8-5(12)3-4(11-13-6(3)9)7-10-1-2-14-7/h1-2H,9H2,(H2,8,12). The zero-order chi connectivity index (χ0) is 10.1. The Labute approximate surface area is 82.5 Å². The van der Waals surface area contributed by atoms with Gasteiger partial charge in [0, 0.05) is 11.6 Å². The van der Waals surface area contributed by atoms with E-state index >= 15 is 0 Å². The number of carbonyl (C=O) groups is 1. The second-order valence-electron chi connectivity index (χ2n) is 2.47. The number of carbonyl (C=O) groups excluding carboxylic acids is 1. The largest absolute Gasteiger partial charge is 0.367 e. The summed E-state index contributed by atoms with van der Waals surface area (Å²) in [6.07, 6.45) is 1.59. The van der Waals surface area contributed by atoms with Gasteiger partial charge >= 0.3 is 0 Å². The van der Waals surface area contributed by atoms with Crippen LogP contribution in [0.25, 0.3) is 10.7 Å². The van der Waals surface area contributed by atoms with Crippen molar-refractivity contribution >= 4 is 23.1 Å². The lowest BCUT2D eigenvalue weighted by molar-refractivity contribution is 0.100. The van der Waals surface area contributed by atoms with Crippen LogP contribution in [0.15, 0.2) is 16.1 Å². The molecular weight excluding hydrogens is 204 g/mol. The topological polar surface area (TPSA) is 108 Å². The number of hydrogen-bond acceptors (Lipinski definition) is 6. The first kappa shape index (κ1) is 8.70. The summed E-state index contributed by atoms with van der Waals surface area (Å²) in [7, 11) is 0. The van der Waals surface area contributed by atoms with Crippen LogP contribution in [-0.4, -0.2) is 16.0 Å². The van der Waals surface area contributed by atoms with Gasteiger partial charge in [-0.25, -0.2) is 4.98 Å².